The standard InChI is InChI=1S/C26H26F6O2/c1-3-5-6-7-17-8-10-18(11-9-17)21-14-15-22(24(27)23(21)25(28,29)30)34-26(31,32)19-12-13-20(4-2)33-16-19/h3-5,8-11,14-15,19-20H,2,6-7,12-13,16H2,1H3/b5-3+. The summed E-state index contributed by atoms with van der Waals surface area (Å²) in [4.78, 5) is 0. The number of rotatable bonds is 8. The molecule has 1 saturated heterocycles. The Morgan fingerprint density at radius 1 is 1.06 bits per heavy atom. The summed E-state index contributed by atoms with van der Waals surface area (Å²) in [6, 6.07) is 8.00. The molecule has 0 aromatic heterocycles. The Balaban J connectivity index is 1.89. The normalized spacial score (nSPS) is 19.4. The van der Waals surface area contributed by atoms with Gasteiger partial charge in [0.1, 0.15) is 5.56 Å². The van der Waals surface area contributed by atoms with Gasteiger partial charge in [-0.25, -0.2) is 4.39 Å². The highest BCUT2D eigenvalue weighted by Crippen LogP contribution is 2.44. The Kier molecular flexibility index (Phi) is 8.13. The molecule has 0 saturated carbocycles. The summed E-state index contributed by atoms with van der Waals surface area (Å²) >= 11 is 0. The fourth-order valence-electron chi connectivity index (χ4n) is 3.87. The van der Waals surface area contributed by atoms with Crippen LogP contribution >= 0.6 is 0 Å². The third kappa shape index (κ3) is 6.03. The Hall–Kier alpha value is -2.74. The van der Waals surface area contributed by atoms with E-state index in [0.29, 0.717) is 6.42 Å². The molecule has 0 radical (unpaired) electrons. The van der Waals surface area contributed by atoms with Gasteiger partial charge in [0.25, 0.3) is 0 Å². The monoisotopic (exact) mass is 484 g/mol. The largest absolute Gasteiger partial charge is 0.429 e. The second kappa shape index (κ2) is 10.7. The predicted octanol–water partition coefficient (Wildman–Crippen LogP) is 7.97. The average Bonchev–Trinajstić information content (AvgIpc) is 2.80. The minimum atomic E-state index is -5.12. The van der Waals surface area contributed by atoms with Crippen LogP contribution in [0.5, 0.6) is 5.75 Å². The van der Waals surface area contributed by atoms with Gasteiger partial charge >= 0.3 is 12.3 Å². The van der Waals surface area contributed by atoms with E-state index in [0.717, 1.165) is 24.1 Å². The third-order valence-electron chi connectivity index (χ3n) is 5.79. The number of benzene rings is 2. The van der Waals surface area contributed by atoms with Crippen LogP contribution in [0.4, 0.5) is 26.3 Å². The van der Waals surface area contributed by atoms with Gasteiger partial charge in [0.15, 0.2) is 11.6 Å². The molecule has 2 atom stereocenters. The summed E-state index contributed by atoms with van der Waals surface area (Å²) in [5, 5.41) is 0. The van der Waals surface area contributed by atoms with Crippen LogP contribution in [0, 0.1) is 11.7 Å². The van der Waals surface area contributed by atoms with E-state index in [1.165, 1.54) is 18.2 Å². The molecule has 3 rings (SSSR count). The van der Waals surface area contributed by atoms with Gasteiger partial charge in [-0.2, -0.15) is 22.0 Å². The lowest BCUT2D eigenvalue weighted by atomic mass is 9.96. The highest BCUT2D eigenvalue weighted by Gasteiger charge is 2.46. The van der Waals surface area contributed by atoms with E-state index in [4.69, 9.17) is 4.74 Å². The molecule has 1 aliphatic heterocycles. The van der Waals surface area contributed by atoms with Gasteiger partial charge in [-0.05, 0) is 61.4 Å². The van der Waals surface area contributed by atoms with E-state index >= 15 is 0 Å². The summed E-state index contributed by atoms with van der Waals surface area (Å²) in [6.45, 7) is 5.05. The molecule has 0 N–H and O–H groups in total. The van der Waals surface area contributed by atoms with Gasteiger partial charge in [0, 0.05) is 0 Å². The molecule has 0 amide bonds. The number of alkyl halides is 5. The quantitative estimate of drug-likeness (QED) is 0.279. The smallest absolute Gasteiger partial charge is 0.419 e. The number of allylic oxidation sites excluding steroid dienone is 2. The van der Waals surface area contributed by atoms with Gasteiger partial charge in [0.2, 0.25) is 0 Å². The summed E-state index contributed by atoms with van der Waals surface area (Å²) in [7, 11) is 0. The molecule has 34 heavy (non-hydrogen) atoms. The van der Waals surface area contributed by atoms with Gasteiger partial charge < -0.3 is 9.47 Å². The highest BCUT2D eigenvalue weighted by molar-refractivity contribution is 5.70. The van der Waals surface area contributed by atoms with Crippen LogP contribution in [0.1, 0.15) is 37.3 Å². The Morgan fingerprint density at radius 3 is 2.32 bits per heavy atom. The number of hydrogen-bond acceptors (Lipinski definition) is 2. The van der Waals surface area contributed by atoms with Crippen molar-refractivity contribution in [1.29, 1.82) is 0 Å². The zero-order valence-corrected chi connectivity index (χ0v) is 18.7. The first-order valence-corrected chi connectivity index (χ1v) is 11.0. The average molecular weight is 484 g/mol. The highest BCUT2D eigenvalue weighted by atomic mass is 19.4. The molecule has 184 valence electrons. The van der Waals surface area contributed by atoms with Crippen molar-refractivity contribution in [3.63, 3.8) is 0 Å². The van der Waals surface area contributed by atoms with E-state index in [1.54, 1.807) is 12.1 Å². The molecular formula is C26H26F6O2. The van der Waals surface area contributed by atoms with Crippen LogP contribution < -0.4 is 4.74 Å². The molecule has 2 unspecified atom stereocenters. The second-order valence-corrected chi connectivity index (χ2v) is 8.15. The van der Waals surface area contributed by atoms with E-state index in [-0.39, 0.29) is 31.1 Å². The SMILES string of the molecule is C=CC1CCC(C(F)(F)Oc2ccc(-c3ccc(CC/C=C/C)cc3)c(C(F)(F)F)c2F)CO1. The third-order valence-corrected chi connectivity index (χ3v) is 5.79. The molecule has 1 heterocycles. The van der Waals surface area contributed by atoms with Gasteiger partial charge in [-0.15, -0.1) is 6.58 Å². The first-order chi connectivity index (χ1) is 16.1. The van der Waals surface area contributed by atoms with E-state index in [1.807, 2.05) is 19.1 Å². The molecule has 2 nitrogen and oxygen atoms in total. The number of ether oxygens (including phenoxy) is 2. The van der Waals surface area contributed by atoms with Crippen molar-refractivity contribution in [3.8, 4) is 16.9 Å². The Bertz CT molecular complexity index is 1000. The van der Waals surface area contributed by atoms with Crippen molar-refractivity contribution >= 4 is 0 Å². The molecule has 0 bridgehead atoms. The maximum atomic E-state index is 15.0. The lowest BCUT2D eigenvalue weighted by Crippen LogP contribution is -2.41. The molecule has 0 spiro atoms. The fraction of sp³-hybridized carbons (Fsp3) is 0.385. The summed E-state index contributed by atoms with van der Waals surface area (Å²) in [5.74, 6) is -4.45. The van der Waals surface area contributed by atoms with Crippen molar-refractivity contribution in [2.75, 3.05) is 6.61 Å². The van der Waals surface area contributed by atoms with Crippen LogP contribution in [-0.4, -0.2) is 18.8 Å². The van der Waals surface area contributed by atoms with Gasteiger partial charge in [0.05, 0.1) is 18.6 Å². The van der Waals surface area contributed by atoms with Crippen molar-refractivity contribution in [2.24, 2.45) is 5.92 Å². The zero-order valence-electron chi connectivity index (χ0n) is 18.7. The number of hydrogen-bond donors (Lipinski definition) is 0. The predicted molar refractivity (Wildman–Crippen MR) is 118 cm³/mol. The summed E-state index contributed by atoms with van der Waals surface area (Å²) in [6.07, 6.45) is -2.33. The van der Waals surface area contributed by atoms with Crippen LogP contribution in [0.3, 0.4) is 0 Å². The lowest BCUT2D eigenvalue weighted by molar-refractivity contribution is -0.240. The molecule has 2 aromatic carbocycles. The fourth-order valence-corrected chi connectivity index (χ4v) is 3.87. The van der Waals surface area contributed by atoms with Crippen molar-refractivity contribution in [3.05, 3.63) is 78.1 Å². The van der Waals surface area contributed by atoms with E-state index < -0.39 is 40.9 Å². The van der Waals surface area contributed by atoms with Gasteiger partial charge in [-0.1, -0.05) is 42.5 Å². The minimum Gasteiger partial charge on any atom is -0.429 e. The molecule has 1 fully saturated rings. The first-order valence-electron chi connectivity index (χ1n) is 11.0. The molecule has 0 aliphatic carbocycles. The minimum absolute atomic E-state index is 0.00405. The van der Waals surface area contributed by atoms with Crippen molar-refractivity contribution in [2.45, 2.75) is 51.0 Å². The zero-order chi connectivity index (χ0) is 24.9. The number of aryl methyl sites for hydroxylation is 1. The van der Waals surface area contributed by atoms with Crippen molar-refractivity contribution in [1.82, 2.24) is 0 Å². The van der Waals surface area contributed by atoms with E-state index in [9.17, 15) is 26.3 Å². The molecule has 1 aliphatic rings. The maximum absolute atomic E-state index is 15.0. The Morgan fingerprint density at radius 2 is 1.76 bits per heavy atom. The summed E-state index contributed by atoms with van der Waals surface area (Å²) < 4.78 is 95.5. The summed E-state index contributed by atoms with van der Waals surface area (Å²) in [5.41, 5.74) is -1.07. The second-order valence-electron chi connectivity index (χ2n) is 8.15. The molecule has 2 aromatic rings. The first kappa shape index (κ1) is 25.9. The van der Waals surface area contributed by atoms with Crippen LogP contribution in [0.2, 0.25) is 0 Å². The van der Waals surface area contributed by atoms with Crippen LogP contribution in [0.15, 0.2) is 61.2 Å². The van der Waals surface area contributed by atoms with Gasteiger partial charge in [-0.3, -0.25) is 0 Å². The van der Waals surface area contributed by atoms with E-state index in [2.05, 4.69) is 11.3 Å². The molecular weight excluding hydrogens is 458 g/mol. The topological polar surface area (TPSA) is 18.5 Å². The molecule has 8 heteroatoms. The van der Waals surface area contributed by atoms with Crippen LogP contribution in [0.25, 0.3) is 11.1 Å². The maximum Gasteiger partial charge on any atom is 0.419 e. The van der Waals surface area contributed by atoms with Crippen molar-refractivity contribution < 1.29 is 35.8 Å². The van der Waals surface area contributed by atoms with Crippen LogP contribution in [-0.2, 0) is 17.3 Å². The lowest BCUT2D eigenvalue weighted by Gasteiger charge is -2.32. The Labute approximate surface area is 194 Å². The number of halogens is 6.